The second kappa shape index (κ2) is 14.9. The summed E-state index contributed by atoms with van der Waals surface area (Å²) in [6, 6.07) is 4.02. The summed E-state index contributed by atoms with van der Waals surface area (Å²) in [6.45, 7) is 1.20. The lowest BCUT2D eigenvalue weighted by atomic mass is 9.96. The van der Waals surface area contributed by atoms with Crippen molar-refractivity contribution in [2.45, 2.75) is 101 Å². The molecule has 0 saturated carbocycles. The maximum absolute atomic E-state index is 13.3. The Morgan fingerprint density at radius 1 is 0.837 bits per heavy atom. The Morgan fingerprint density at radius 3 is 1.84 bits per heavy atom. The Hall–Kier alpha value is -2.61. The van der Waals surface area contributed by atoms with Crippen LogP contribution >= 0.6 is 0 Å². The van der Waals surface area contributed by atoms with E-state index in [1.54, 1.807) is 0 Å². The molecule has 0 fully saturated rings. The minimum atomic E-state index is -6.52. The van der Waals surface area contributed by atoms with Gasteiger partial charge in [-0.25, -0.2) is 8.42 Å². The summed E-state index contributed by atoms with van der Waals surface area (Å²) in [6.07, 6.45) is -9.71. The summed E-state index contributed by atoms with van der Waals surface area (Å²) < 4.78 is 152. The molecule has 0 aliphatic rings. The summed E-state index contributed by atoms with van der Waals surface area (Å²) in [5.41, 5.74) is -4.00. The molecule has 0 unspecified atom stereocenters. The monoisotopic (exact) mass is 658 g/mol. The number of sulfone groups is 1. The molecule has 246 valence electrons. The zero-order chi connectivity index (χ0) is 33.3. The first-order chi connectivity index (χ1) is 19.5. The van der Waals surface area contributed by atoms with Gasteiger partial charge in [0.05, 0.1) is 28.7 Å². The summed E-state index contributed by atoms with van der Waals surface area (Å²) in [4.78, 5) is 12.4. The van der Waals surface area contributed by atoms with Gasteiger partial charge in [-0.15, -0.1) is 0 Å². The van der Waals surface area contributed by atoms with Gasteiger partial charge in [0.2, 0.25) is 0 Å². The van der Waals surface area contributed by atoms with Crippen molar-refractivity contribution in [2.24, 2.45) is 0 Å². The molecule has 17 heteroatoms. The molecule has 0 radical (unpaired) electrons. The van der Waals surface area contributed by atoms with Gasteiger partial charge < -0.3 is 10.4 Å². The smallest absolute Gasteiger partial charge is 0.380 e. The Kier molecular flexibility index (Phi) is 13.3. The number of nitrogens with zero attached hydrogens (tertiary/aromatic N) is 1. The molecule has 43 heavy (non-hydrogen) atoms. The predicted octanol–water partition coefficient (Wildman–Crippen LogP) is 7.42. The molecular formula is C26H32F10N2O4S. The van der Waals surface area contributed by atoms with Crippen LogP contribution in [-0.4, -0.2) is 54.6 Å². The normalized spacial score (nSPS) is 14.7. The van der Waals surface area contributed by atoms with Crippen LogP contribution in [0.2, 0.25) is 0 Å². The number of nitriles is 1. The van der Waals surface area contributed by atoms with Crippen LogP contribution in [0.1, 0.15) is 82.3 Å². The molecule has 0 bridgehead atoms. The third-order valence-electron chi connectivity index (χ3n) is 6.60. The minimum absolute atomic E-state index is 0.00521. The lowest BCUT2D eigenvalue weighted by Gasteiger charge is -2.28. The molecule has 0 saturated heterocycles. The molecule has 0 spiro atoms. The fourth-order valence-corrected chi connectivity index (χ4v) is 5.35. The fraction of sp³-hybridized carbons (Fsp3) is 0.692. The summed E-state index contributed by atoms with van der Waals surface area (Å²) in [7, 11) is -4.28. The van der Waals surface area contributed by atoms with Gasteiger partial charge in [-0.05, 0) is 38.0 Å². The number of amides is 1. The number of alkyl halides is 10. The van der Waals surface area contributed by atoms with E-state index >= 15 is 0 Å². The van der Waals surface area contributed by atoms with E-state index in [2.05, 4.69) is 5.32 Å². The van der Waals surface area contributed by atoms with Crippen LogP contribution in [0.5, 0.6) is 0 Å². The number of anilines is 1. The van der Waals surface area contributed by atoms with Crippen molar-refractivity contribution in [3.05, 3.63) is 29.3 Å². The third-order valence-corrected chi connectivity index (χ3v) is 8.34. The van der Waals surface area contributed by atoms with E-state index in [0.29, 0.717) is 51.0 Å². The van der Waals surface area contributed by atoms with Crippen LogP contribution < -0.4 is 5.32 Å². The molecule has 0 aromatic heterocycles. The average Bonchev–Trinajstić information content (AvgIpc) is 2.87. The van der Waals surface area contributed by atoms with Gasteiger partial charge >= 0.3 is 24.2 Å². The quantitative estimate of drug-likeness (QED) is 0.134. The van der Waals surface area contributed by atoms with Gasteiger partial charge in [-0.3, -0.25) is 4.79 Å². The Bertz CT molecular complexity index is 1220. The first-order valence-corrected chi connectivity index (χ1v) is 15.0. The van der Waals surface area contributed by atoms with Crippen LogP contribution in [0.25, 0.3) is 0 Å². The van der Waals surface area contributed by atoms with Crippen LogP contribution in [0, 0.1) is 11.3 Å². The molecule has 0 heterocycles. The average molecular weight is 659 g/mol. The highest BCUT2D eigenvalue weighted by molar-refractivity contribution is 7.91. The van der Waals surface area contributed by atoms with Gasteiger partial charge in [0, 0.05) is 12.1 Å². The number of unbranched alkanes of at least 4 members (excludes halogenated alkanes) is 7. The second-order valence-electron chi connectivity index (χ2n) is 10.4. The van der Waals surface area contributed by atoms with Crippen LogP contribution in [0.3, 0.4) is 0 Å². The molecule has 2 N–H and O–H groups in total. The standard InChI is InChI=1S/C26H32F10N2O4S/c1-22(40,21(39)38-19-11-10-18(17-37)20(16-19)24(29,30)31)12-8-6-4-2-3-5-7-9-14-43(41,42)15-13-23(27,28)25(32,33)26(34,35)36/h10-11,16,40H,2-9,12-15H2,1H3,(H,38,39)/t22-/m0/s1. The maximum Gasteiger partial charge on any atom is 0.459 e. The lowest BCUT2D eigenvalue weighted by molar-refractivity contribution is -0.354. The van der Waals surface area contributed by atoms with E-state index in [1.165, 1.54) is 13.0 Å². The first-order valence-electron chi connectivity index (χ1n) is 13.1. The highest BCUT2D eigenvalue weighted by Gasteiger charge is 2.72. The molecule has 0 aliphatic heterocycles. The summed E-state index contributed by atoms with van der Waals surface area (Å²) in [5, 5.41) is 21.5. The van der Waals surface area contributed by atoms with Crippen LogP contribution in [0.15, 0.2) is 18.2 Å². The predicted molar refractivity (Wildman–Crippen MR) is 136 cm³/mol. The van der Waals surface area contributed by atoms with Crippen molar-refractivity contribution in [1.82, 2.24) is 0 Å². The third kappa shape index (κ3) is 11.8. The van der Waals surface area contributed by atoms with E-state index in [-0.39, 0.29) is 18.5 Å². The minimum Gasteiger partial charge on any atom is -0.380 e. The number of rotatable bonds is 17. The number of nitrogens with one attached hydrogen (secondary N) is 1. The number of benzene rings is 1. The SMILES string of the molecule is C[C@](O)(CCCCCCCCCCS(=O)(=O)CCC(F)(F)C(F)(F)C(F)(F)F)C(=O)Nc1ccc(C#N)c(C(F)(F)F)c1. The molecule has 1 atom stereocenters. The van der Waals surface area contributed by atoms with Crippen molar-refractivity contribution in [3.8, 4) is 6.07 Å². The summed E-state index contributed by atoms with van der Waals surface area (Å²) >= 11 is 0. The largest absolute Gasteiger partial charge is 0.459 e. The van der Waals surface area contributed by atoms with Gasteiger partial charge in [-0.2, -0.15) is 49.2 Å². The number of carbonyl (C=O) groups excluding carboxylic acids is 1. The molecular weight excluding hydrogens is 626 g/mol. The van der Waals surface area contributed by atoms with E-state index in [1.807, 2.05) is 0 Å². The second-order valence-corrected chi connectivity index (χ2v) is 12.7. The van der Waals surface area contributed by atoms with Gasteiger partial charge in [-0.1, -0.05) is 44.9 Å². The van der Waals surface area contributed by atoms with Gasteiger partial charge in [0.25, 0.3) is 5.91 Å². The molecule has 1 aromatic rings. The van der Waals surface area contributed by atoms with Crippen molar-refractivity contribution in [3.63, 3.8) is 0 Å². The number of halogens is 10. The van der Waals surface area contributed by atoms with Crippen molar-refractivity contribution >= 4 is 21.4 Å². The lowest BCUT2D eigenvalue weighted by Crippen LogP contribution is -2.52. The van der Waals surface area contributed by atoms with Crippen LogP contribution in [0.4, 0.5) is 49.6 Å². The number of carbonyl (C=O) groups is 1. The highest BCUT2D eigenvalue weighted by Crippen LogP contribution is 2.48. The Morgan fingerprint density at radius 2 is 1.35 bits per heavy atom. The molecule has 6 nitrogen and oxygen atoms in total. The van der Waals surface area contributed by atoms with Gasteiger partial charge in [0.1, 0.15) is 5.60 Å². The topological polar surface area (TPSA) is 107 Å². The number of hydrogen-bond acceptors (Lipinski definition) is 5. The Balaban J connectivity index is 2.32. The van der Waals surface area contributed by atoms with Crippen LogP contribution in [-0.2, 0) is 20.8 Å². The molecule has 1 rings (SSSR count). The van der Waals surface area contributed by atoms with E-state index < -0.39 is 74.6 Å². The zero-order valence-corrected chi connectivity index (χ0v) is 23.8. The highest BCUT2D eigenvalue weighted by atomic mass is 32.2. The van der Waals surface area contributed by atoms with E-state index in [4.69, 9.17) is 5.26 Å². The van der Waals surface area contributed by atoms with E-state index in [9.17, 15) is 62.2 Å². The fourth-order valence-electron chi connectivity index (χ4n) is 3.94. The first kappa shape index (κ1) is 38.4. The van der Waals surface area contributed by atoms with Crippen molar-refractivity contribution in [2.75, 3.05) is 16.8 Å². The molecule has 0 aliphatic carbocycles. The maximum atomic E-state index is 13.3. The van der Waals surface area contributed by atoms with Crippen molar-refractivity contribution < 1.29 is 62.2 Å². The number of aliphatic hydroxyl groups is 1. The molecule has 1 amide bonds. The molecule has 1 aromatic carbocycles. The van der Waals surface area contributed by atoms with Gasteiger partial charge in [0.15, 0.2) is 9.84 Å². The zero-order valence-electron chi connectivity index (χ0n) is 23.0. The number of hydrogen-bond donors (Lipinski definition) is 2. The van der Waals surface area contributed by atoms with Crippen molar-refractivity contribution in [1.29, 1.82) is 5.26 Å². The summed E-state index contributed by atoms with van der Waals surface area (Å²) in [5.74, 6) is -15.0. The van der Waals surface area contributed by atoms with E-state index in [0.717, 1.165) is 12.1 Å². The Labute approximate surface area is 242 Å².